The zero-order valence-corrected chi connectivity index (χ0v) is 23.2. The highest BCUT2D eigenvalue weighted by molar-refractivity contribution is 6.13. The van der Waals surface area contributed by atoms with Crippen molar-refractivity contribution in [3.8, 4) is 0 Å². The van der Waals surface area contributed by atoms with Crippen LogP contribution in [0.5, 0.6) is 0 Å². The lowest BCUT2D eigenvalue weighted by Gasteiger charge is -2.35. The molecular formula is C31H25F3N4O6. The van der Waals surface area contributed by atoms with Crippen molar-refractivity contribution >= 4 is 34.6 Å². The SMILES string of the molecule is Cc1nc2ccc(CNC(=O)c3cccc(C(F)(F)F)c3)cc2c(=O)n1C1(C(=O)OCc2ccccc2)CCC(=O)NC1=O. The van der Waals surface area contributed by atoms with Gasteiger partial charge in [0.15, 0.2) is 0 Å². The summed E-state index contributed by atoms with van der Waals surface area (Å²) in [6.07, 6.45) is -5.20. The van der Waals surface area contributed by atoms with E-state index in [9.17, 15) is 37.1 Å². The first-order valence-electron chi connectivity index (χ1n) is 13.4. The third-order valence-electron chi connectivity index (χ3n) is 7.28. The standard InChI is InChI=1S/C31H25F3N4O6/c1-18-36-24-11-10-20(16-35-26(40)21-8-5-9-22(15-21)31(32,33)34)14-23(24)27(41)38(18)30(13-12-25(39)37-28(30)42)29(43)44-17-19-6-3-2-4-7-19/h2-11,14-15H,12-13,16-17H2,1H3,(H,35,40)(H,37,39,42). The van der Waals surface area contributed by atoms with Gasteiger partial charge in [-0.05, 0) is 54.8 Å². The van der Waals surface area contributed by atoms with Crippen molar-refractivity contribution in [1.29, 1.82) is 0 Å². The van der Waals surface area contributed by atoms with E-state index in [0.29, 0.717) is 11.1 Å². The Morgan fingerprint density at radius 3 is 2.45 bits per heavy atom. The van der Waals surface area contributed by atoms with Crippen LogP contribution in [0.25, 0.3) is 10.9 Å². The van der Waals surface area contributed by atoms with Crippen molar-refractivity contribution in [2.75, 3.05) is 0 Å². The van der Waals surface area contributed by atoms with Gasteiger partial charge in [-0.15, -0.1) is 0 Å². The number of carbonyl (C=O) groups is 4. The number of aromatic nitrogens is 2. The molecule has 1 aliphatic heterocycles. The number of ether oxygens (including phenoxy) is 1. The number of piperidine rings is 1. The summed E-state index contributed by atoms with van der Waals surface area (Å²) in [5.74, 6) is -3.42. The number of amides is 3. The number of halogens is 3. The number of imide groups is 1. The van der Waals surface area contributed by atoms with Crippen molar-refractivity contribution in [2.24, 2.45) is 0 Å². The predicted molar refractivity (Wildman–Crippen MR) is 150 cm³/mol. The Morgan fingerprint density at radius 2 is 1.75 bits per heavy atom. The van der Waals surface area contributed by atoms with Gasteiger partial charge >= 0.3 is 12.1 Å². The lowest BCUT2D eigenvalue weighted by atomic mass is 9.87. The number of nitrogens with one attached hydrogen (secondary N) is 2. The number of hydrogen-bond acceptors (Lipinski definition) is 7. The van der Waals surface area contributed by atoms with Crippen LogP contribution in [0.4, 0.5) is 13.2 Å². The van der Waals surface area contributed by atoms with Gasteiger partial charge < -0.3 is 10.1 Å². The average Bonchev–Trinajstić information content (AvgIpc) is 3.00. The number of aryl methyl sites for hydroxylation is 1. The van der Waals surface area contributed by atoms with E-state index in [2.05, 4.69) is 15.6 Å². The number of alkyl halides is 3. The summed E-state index contributed by atoms with van der Waals surface area (Å²) in [7, 11) is 0. The molecular weight excluding hydrogens is 581 g/mol. The number of fused-ring (bicyclic) bond motifs is 1. The van der Waals surface area contributed by atoms with Crippen LogP contribution in [0, 0.1) is 6.92 Å². The molecule has 13 heteroatoms. The summed E-state index contributed by atoms with van der Waals surface area (Å²) < 4.78 is 45.6. The third-order valence-corrected chi connectivity index (χ3v) is 7.28. The van der Waals surface area contributed by atoms with E-state index in [1.807, 2.05) is 0 Å². The molecule has 3 amide bonds. The van der Waals surface area contributed by atoms with Gasteiger partial charge in [-0.1, -0.05) is 42.5 Å². The van der Waals surface area contributed by atoms with Crippen molar-refractivity contribution in [3.05, 3.63) is 111 Å². The van der Waals surface area contributed by atoms with Gasteiger partial charge in [0.2, 0.25) is 11.4 Å². The number of nitrogens with zero attached hydrogens (tertiary/aromatic N) is 2. The quantitative estimate of drug-likeness (QED) is 0.187. The van der Waals surface area contributed by atoms with Crippen molar-refractivity contribution < 1.29 is 37.1 Å². The summed E-state index contributed by atoms with van der Waals surface area (Å²) in [5, 5.41) is 4.67. The first kappa shape index (κ1) is 30.1. The maximum Gasteiger partial charge on any atom is 0.416 e. The van der Waals surface area contributed by atoms with Crippen LogP contribution in [0.1, 0.15) is 45.7 Å². The number of rotatable bonds is 7. The highest BCUT2D eigenvalue weighted by atomic mass is 19.4. The van der Waals surface area contributed by atoms with E-state index in [4.69, 9.17) is 4.74 Å². The Labute approximate surface area is 247 Å². The molecule has 0 spiro atoms. The molecule has 0 bridgehead atoms. The minimum Gasteiger partial charge on any atom is -0.459 e. The monoisotopic (exact) mass is 606 g/mol. The summed E-state index contributed by atoms with van der Waals surface area (Å²) in [4.78, 5) is 70.0. The van der Waals surface area contributed by atoms with Crippen LogP contribution in [-0.2, 0) is 44.0 Å². The summed E-state index contributed by atoms with van der Waals surface area (Å²) in [5.41, 5.74) is -2.89. The van der Waals surface area contributed by atoms with Crippen LogP contribution in [0.2, 0.25) is 0 Å². The molecule has 0 radical (unpaired) electrons. The van der Waals surface area contributed by atoms with E-state index in [1.54, 1.807) is 36.4 Å². The maximum absolute atomic E-state index is 14.0. The fourth-order valence-electron chi connectivity index (χ4n) is 5.07. The Morgan fingerprint density at radius 1 is 1.00 bits per heavy atom. The summed E-state index contributed by atoms with van der Waals surface area (Å²) in [6.45, 7) is 1.10. The first-order chi connectivity index (χ1) is 20.9. The largest absolute Gasteiger partial charge is 0.459 e. The van der Waals surface area contributed by atoms with Crippen LogP contribution >= 0.6 is 0 Å². The smallest absolute Gasteiger partial charge is 0.416 e. The molecule has 4 aromatic rings. The Hall–Kier alpha value is -5.33. The Kier molecular flexibility index (Phi) is 8.05. The first-order valence-corrected chi connectivity index (χ1v) is 13.4. The molecule has 10 nitrogen and oxygen atoms in total. The predicted octanol–water partition coefficient (Wildman–Crippen LogP) is 3.53. The van der Waals surface area contributed by atoms with Crippen molar-refractivity contribution in [3.63, 3.8) is 0 Å². The average molecular weight is 607 g/mol. The van der Waals surface area contributed by atoms with Gasteiger partial charge in [0.1, 0.15) is 12.4 Å². The number of hydrogen-bond donors (Lipinski definition) is 2. The zero-order chi connectivity index (χ0) is 31.6. The molecule has 1 unspecified atom stereocenters. The summed E-state index contributed by atoms with van der Waals surface area (Å²) in [6, 6.07) is 17.1. The molecule has 44 heavy (non-hydrogen) atoms. The normalized spacial score (nSPS) is 16.8. The molecule has 2 N–H and O–H groups in total. The molecule has 3 aromatic carbocycles. The van der Waals surface area contributed by atoms with Gasteiger partial charge in [0, 0.05) is 18.5 Å². The molecule has 5 rings (SSSR count). The zero-order valence-electron chi connectivity index (χ0n) is 23.2. The fraction of sp³-hybridized carbons (Fsp3) is 0.226. The lowest BCUT2D eigenvalue weighted by molar-refractivity contribution is -0.164. The van der Waals surface area contributed by atoms with Gasteiger partial charge in [-0.3, -0.25) is 29.1 Å². The molecule has 2 heterocycles. The molecule has 0 saturated carbocycles. The van der Waals surface area contributed by atoms with Crippen LogP contribution in [0.15, 0.2) is 77.6 Å². The second kappa shape index (κ2) is 11.7. The topological polar surface area (TPSA) is 136 Å². The maximum atomic E-state index is 14.0. The van der Waals surface area contributed by atoms with Crippen LogP contribution in [0.3, 0.4) is 0 Å². The molecule has 0 aliphatic carbocycles. The second-order valence-electron chi connectivity index (χ2n) is 10.2. The minimum atomic E-state index is -4.62. The molecule has 226 valence electrons. The van der Waals surface area contributed by atoms with Crippen LogP contribution < -0.4 is 16.2 Å². The van der Waals surface area contributed by atoms with Gasteiger partial charge in [-0.2, -0.15) is 13.2 Å². The number of carbonyl (C=O) groups excluding carboxylic acids is 4. The van der Waals surface area contributed by atoms with E-state index < -0.39 is 46.5 Å². The van der Waals surface area contributed by atoms with Gasteiger partial charge in [0.05, 0.1) is 16.5 Å². The van der Waals surface area contributed by atoms with Crippen LogP contribution in [-0.4, -0.2) is 33.2 Å². The Balaban J connectivity index is 1.48. The molecule has 1 saturated heterocycles. The Bertz CT molecular complexity index is 1860. The highest BCUT2D eigenvalue weighted by Crippen LogP contribution is 2.31. The van der Waals surface area contributed by atoms with E-state index in [0.717, 1.165) is 22.8 Å². The lowest BCUT2D eigenvalue weighted by Crippen LogP contribution is -2.62. The molecule has 1 aliphatic rings. The number of esters is 1. The minimum absolute atomic E-state index is 0.00125. The highest BCUT2D eigenvalue weighted by Gasteiger charge is 2.54. The molecule has 1 aromatic heterocycles. The van der Waals surface area contributed by atoms with E-state index >= 15 is 0 Å². The van der Waals surface area contributed by atoms with Crippen molar-refractivity contribution in [1.82, 2.24) is 20.2 Å². The fourth-order valence-corrected chi connectivity index (χ4v) is 5.07. The van der Waals surface area contributed by atoms with Crippen molar-refractivity contribution in [2.45, 2.75) is 44.6 Å². The second-order valence-corrected chi connectivity index (χ2v) is 10.2. The number of benzene rings is 3. The molecule has 1 fully saturated rings. The molecule has 1 atom stereocenters. The van der Waals surface area contributed by atoms with Gasteiger partial charge in [-0.25, -0.2) is 9.78 Å². The van der Waals surface area contributed by atoms with Gasteiger partial charge in [0.25, 0.3) is 17.4 Å². The summed E-state index contributed by atoms with van der Waals surface area (Å²) >= 11 is 0. The van der Waals surface area contributed by atoms with E-state index in [1.165, 1.54) is 25.1 Å². The third kappa shape index (κ3) is 5.80. The van der Waals surface area contributed by atoms with E-state index in [-0.39, 0.29) is 48.3 Å².